The van der Waals surface area contributed by atoms with Crippen LogP contribution in [0.2, 0.25) is 16.6 Å². The molecule has 0 heterocycles. The van der Waals surface area contributed by atoms with Gasteiger partial charge in [-0.25, -0.2) is 0 Å². The SMILES string of the molecule is CNC1CC(OC(C)C)[C@@H](CO[Si](O[Si]C(C)C)(C(C)C)C(C)C)C1. The van der Waals surface area contributed by atoms with Gasteiger partial charge in [0.05, 0.1) is 12.2 Å². The van der Waals surface area contributed by atoms with Crippen LogP contribution in [-0.4, -0.2) is 50.2 Å². The minimum absolute atomic E-state index is 0.263. The molecule has 1 N–H and O–H groups in total. The molecule has 1 fully saturated rings. The van der Waals surface area contributed by atoms with E-state index in [1.165, 1.54) is 0 Å². The van der Waals surface area contributed by atoms with Crippen molar-refractivity contribution in [3.8, 4) is 0 Å². The zero-order chi connectivity index (χ0) is 19.2. The van der Waals surface area contributed by atoms with Gasteiger partial charge in [0.25, 0.3) is 0 Å². The monoisotopic (exact) mass is 387 g/mol. The third-order valence-corrected chi connectivity index (χ3v) is 11.1. The highest BCUT2D eigenvalue weighted by atomic mass is 28.4. The molecule has 0 amide bonds. The molecule has 0 aromatic carbocycles. The maximum absolute atomic E-state index is 6.71. The second kappa shape index (κ2) is 10.6. The highest BCUT2D eigenvalue weighted by Gasteiger charge is 2.46. The molecular formula is C19H41NO3Si2. The van der Waals surface area contributed by atoms with Crippen LogP contribution in [0.5, 0.6) is 0 Å². The van der Waals surface area contributed by atoms with Crippen LogP contribution in [0, 0.1) is 5.92 Å². The molecule has 1 rings (SSSR count). The van der Waals surface area contributed by atoms with Gasteiger partial charge in [0.1, 0.15) is 0 Å². The van der Waals surface area contributed by atoms with Crippen LogP contribution in [0.1, 0.15) is 68.2 Å². The molecule has 0 aromatic heterocycles. The lowest BCUT2D eigenvalue weighted by Crippen LogP contribution is -2.50. The summed E-state index contributed by atoms with van der Waals surface area (Å²) in [4.78, 5) is 0. The van der Waals surface area contributed by atoms with Crippen LogP contribution in [0.25, 0.3) is 0 Å². The van der Waals surface area contributed by atoms with E-state index in [-0.39, 0.29) is 12.2 Å². The van der Waals surface area contributed by atoms with Crippen molar-refractivity contribution in [2.75, 3.05) is 13.7 Å². The molecule has 1 aliphatic rings. The Morgan fingerprint density at radius 1 is 1.00 bits per heavy atom. The Kier molecular flexibility index (Phi) is 9.85. The lowest BCUT2D eigenvalue weighted by atomic mass is 10.1. The molecule has 25 heavy (non-hydrogen) atoms. The Balaban J connectivity index is 2.82. The topological polar surface area (TPSA) is 39.7 Å². The van der Waals surface area contributed by atoms with E-state index in [4.69, 9.17) is 13.3 Å². The van der Waals surface area contributed by atoms with Crippen LogP contribution in [-0.2, 0) is 13.3 Å². The van der Waals surface area contributed by atoms with Crippen molar-refractivity contribution in [1.29, 1.82) is 0 Å². The van der Waals surface area contributed by atoms with E-state index in [2.05, 4.69) is 67.8 Å². The second-order valence-electron chi connectivity index (χ2n) is 8.66. The number of rotatable bonds is 11. The molecule has 0 aromatic rings. The summed E-state index contributed by atoms with van der Waals surface area (Å²) >= 11 is 0. The largest absolute Gasteiger partial charge is 0.435 e. The van der Waals surface area contributed by atoms with Gasteiger partial charge in [0, 0.05) is 18.6 Å². The molecule has 6 heteroatoms. The molecule has 4 nitrogen and oxygen atoms in total. The average molecular weight is 388 g/mol. The molecule has 3 atom stereocenters. The number of hydrogen-bond donors (Lipinski definition) is 1. The van der Waals surface area contributed by atoms with Crippen molar-refractivity contribution >= 4 is 18.3 Å². The predicted octanol–water partition coefficient (Wildman–Crippen LogP) is 4.52. The quantitative estimate of drug-likeness (QED) is 0.529. The van der Waals surface area contributed by atoms with Crippen molar-refractivity contribution in [3.63, 3.8) is 0 Å². The van der Waals surface area contributed by atoms with Gasteiger partial charge in [-0.3, -0.25) is 0 Å². The molecule has 0 aliphatic heterocycles. The van der Waals surface area contributed by atoms with Gasteiger partial charge in [0.2, 0.25) is 9.76 Å². The molecule has 2 unspecified atom stereocenters. The van der Waals surface area contributed by atoms with Crippen LogP contribution in [0.15, 0.2) is 0 Å². The van der Waals surface area contributed by atoms with Crippen LogP contribution >= 0.6 is 0 Å². The first-order valence-corrected chi connectivity index (χ1v) is 13.0. The fourth-order valence-electron chi connectivity index (χ4n) is 3.73. The van der Waals surface area contributed by atoms with Gasteiger partial charge in [-0.1, -0.05) is 41.5 Å². The number of hydrogen-bond acceptors (Lipinski definition) is 4. The normalized spacial score (nSPS) is 25.1. The van der Waals surface area contributed by atoms with Crippen molar-refractivity contribution in [2.45, 2.75) is 103 Å². The highest BCUT2D eigenvalue weighted by Crippen LogP contribution is 2.37. The van der Waals surface area contributed by atoms with E-state index in [1.54, 1.807) is 0 Å². The molecule has 0 saturated heterocycles. The van der Waals surface area contributed by atoms with Gasteiger partial charge in [-0.05, 0) is 50.4 Å². The van der Waals surface area contributed by atoms with Crippen LogP contribution in [0.3, 0.4) is 0 Å². The summed E-state index contributed by atoms with van der Waals surface area (Å²) in [6.45, 7) is 18.5. The minimum Gasteiger partial charge on any atom is -0.435 e. The Hall–Kier alpha value is 0.274. The Labute approximate surface area is 160 Å². The first-order chi connectivity index (χ1) is 11.6. The highest BCUT2D eigenvalue weighted by molar-refractivity contribution is 6.74. The minimum atomic E-state index is -2.25. The summed E-state index contributed by atoms with van der Waals surface area (Å²) in [5.41, 5.74) is 1.46. The Bertz CT molecular complexity index is 370. The second-order valence-corrected chi connectivity index (χ2v) is 14.9. The van der Waals surface area contributed by atoms with Gasteiger partial charge in [-0.2, -0.15) is 0 Å². The van der Waals surface area contributed by atoms with Gasteiger partial charge in [0.15, 0.2) is 0 Å². The predicted molar refractivity (Wildman–Crippen MR) is 109 cm³/mol. The summed E-state index contributed by atoms with van der Waals surface area (Å²) in [5.74, 6) is 0.454. The Morgan fingerprint density at radius 2 is 1.60 bits per heavy atom. The summed E-state index contributed by atoms with van der Waals surface area (Å²) < 4.78 is 19.4. The van der Waals surface area contributed by atoms with Gasteiger partial charge in [-0.15, -0.1) is 0 Å². The van der Waals surface area contributed by atoms with Crippen molar-refractivity contribution < 1.29 is 13.3 Å². The summed E-state index contributed by atoms with van der Waals surface area (Å²) in [6.07, 6.45) is 2.76. The van der Waals surface area contributed by atoms with Crippen molar-refractivity contribution in [2.24, 2.45) is 5.92 Å². The van der Waals surface area contributed by atoms with Gasteiger partial charge < -0.3 is 18.6 Å². The average Bonchev–Trinajstić information content (AvgIpc) is 2.88. The van der Waals surface area contributed by atoms with E-state index in [1.807, 2.05) is 0 Å². The standard InChI is InChI=1S/C19H41NO3Si2/c1-13(2)22-19-11-18(20-9)10-17(19)12-21-25(15(5)6,16(7)8)23-24-14(3)4/h13-20H,10-12H2,1-9H3/t17-,18?,19?/m1/s1. The van der Waals surface area contributed by atoms with Crippen molar-refractivity contribution in [1.82, 2.24) is 5.32 Å². The summed E-state index contributed by atoms with van der Waals surface area (Å²) in [7, 11) is 0.328. The molecule has 1 saturated carbocycles. The first-order valence-electron chi connectivity index (χ1n) is 10.0. The number of nitrogens with one attached hydrogen (secondary N) is 1. The maximum Gasteiger partial charge on any atom is 0.333 e. The Morgan fingerprint density at radius 3 is 2.04 bits per heavy atom. The van der Waals surface area contributed by atoms with E-state index < -0.39 is 8.56 Å². The summed E-state index contributed by atoms with van der Waals surface area (Å²) in [6, 6.07) is 0.532. The molecule has 148 valence electrons. The third-order valence-electron chi connectivity index (χ3n) is 5.07. The fraction of sp³-hybridized carbons (Fsp3) is 1.00. The zero-order valence-electron chi connectivity index (χ0n) is 17.9. The van der Waals surface area contributed by atoms with E-state index >= 15 is 0 Å². The first kappa shape index (κ1) is 23.3. The third kappa shape index (κ3) is 6.74. The van der Waals surface area contributed by atoms with E-state index in [0.29, 0.717) is 38.3 Å². The lowest BCUT2D eigenvalue weighted by Gasteiger charge is -2.39. The molecule has 2 radical (unpaired) electrons. The van der Waals surface area contributed by atoms with Crippen LogP contribution in [0.4, 0.5) is 0 Å². The molecule has 1 aliphatic carbocycles. The molecule has 0 spiro atoms. The molecular weight excluding hydrogens is 346 g/mol. The van der Waals surface area contributed by atoms with E-state index in [0.717, 1.165) is 19.4 Å². The molecule has 0 bridgehead atoms. The van der Waals surface area contributed by atoms with Gasteiger partial charge >= 0.3 is 8.56 Å². The lowest BCUT2D eigenvalue weighted by molar-refractivity contribution is -0.0260. The van der Waals surface area contributed by atoms with Crippen molar-refractivity contribution in [3.05, 3.63) is 0 Å². The zero-order valence-corrected chi connectivity index (χ0v) is 19.9. The van der Waals surface area contributed by atoms with E-state index in [9.17, 15) is 0 Å². The smallest absolute Gasteiger partial charge is 0.333 e. The fourth-order valence-corrected chi connectivity index (χ4v) is 10.0. The van der Waals surface area contributed by atoms with Crippen LogP contribution < -0.4 is 5.32 Å². The summed E-state index contributed by atoms with van der Waals surface area (Å²) in [5, 5.41) is 3.43. The number of ether oxygens (including phenoxy) is 1. The maximum atomic E-state index is 6.71.